The van der Waals surface area contributed by atoms with E-state index in [0.717, 1.165) is 12.8 Å². The number of carbonyl (C=O) groups is 1. The molecule has 1 aromatic carbocycles. The van der Waals surface area contributed by atoms with Crippen molar-refractivity contribution in [3.8, 4) is 0 Å². The number of nitro benzene ring substituents is 1. The first kappa shape index (κ1) is 14.3. The highest BCUT2D eigenvalue weighted by molar-refractivity contribution is 5.95. The second-order valence-electron chi connectivity index (χ2n) is 5.69. The van der Waals surface area contributed by atoms with Gasteiger partial charge in [0.25, 0.3) is 11.6 Å². The Bertz CT molecular complexity index is 551. The molecule has 0 spiro atoms. The molecule has 1 fully saturated rings. The molecule has 6 heteroatoms. The van der Waals surface area contributed by atoms with Crippen molar-refractivity contribution in [1.29, 1.82) is 0 Å². The molecule has 1 aliphatic rings. The molecule has 6 nitrogen and oxygen atoms in total. The number of rotatable bonds is 5. The maximum absolute atomic E-state index is 11.5. The molecule has 0 heterocycles. The van der Waals surface area contributed by atoms with Gasteiger partial charge < -0.3 is 10.6 Å². The topological polar surface area (TPSA) is 84.3 Å². The third kappa shape index (κ3) is 2.89. The molecule has 0 atom stereocenters. The summed E-state index contributed by atoms with van der Waals surface area (Å²) in [6.07, 6.45) is 2.29. The number of nitrogens with one attached hydrogen (secondary N) is 2. The molecule has 0 bridgehead atoms. The number of anilines is 1. The first-order valence-corrected chi connectivity index (χ1v) is 6.64. The van der Waals surface area contributed by atoms with Crippen molar-refractivity contribution >= 4 is 17.3 Å². The van der Waals surface area contributed by atoms with Crippen LogP contribution in [0.4, 0.5) is 11.4 Å². The van der Waals surface area contributed by atoms with Crippen molar-refractivity contribution in [2.45, 2.75) is 32.2 Å². The maximum atomic E-state index is 11.5. The molecule has 0 radical (unpaired) electrons. The van der Waals surface area contributed by atoms with Crippen molar-refractivity contribution < 1.29 is 9.72 Å². The Labute approximate surface area is 117 Å². The van der Waals surface area contributed by atoms with Gasteiger partial charge in [-0.05, 0) is 44.7 Å². The lowest BCUT2D eigenvalue weighted by Gasteiger charge is -2.27. The van der Waals surface area contributed by atoms with E-state index in [1.807, 2.05) is 13.8 Å². The molecule has 1 aliphatic carbocycles. The average molecular weight is 277 g/mol. The number of amides is 1. The number of hydrogen-bond donors (Lipinski definition) is 2. The first-order chi connectivity index (χ1) is 9.35. The maximum Gasteiger partial charge on any atom is 0.293 e. The number of benzene rings is 1. The minimum absolute atomic E-state index is 0.0696. The van der Waals surface area contributed by atoms with Crippen LogP contribution in [0.25, 0.3) is 0 Å². The Morgan fingerprint density at radius 2 is 2.05 bits per heavy atom. The minimum Gasteiger partial charge on any atom is -0.374 e. The zero-order valence-corrected chi connectivity index (χ0v) is 11.9. The Hall–Kier alpha value is -2.11. The van der Waals surface area contributed by atoms with Crippen molar-refractivity contribution in [2.24, 2.45) is 5.92 Å². The fourth-order valence-corrected chi connectivity index (χ4v) is 2.33. The van der Waals surface area contributed by atoms with E-state index in [4.69, 9.17) is 0 Å². The Kier molecular flexibility index (Phi) is 3.65. The highest BCUT2D eigenvalue weighted by atomic mass is 16.6. The lowest BCUT2D eigenvalue weighted by Crippen LogP contribution is -2.33. The van der Waals surface area contributed by atoms with Gasteiger partial charge in [-0.1, -0.05) is 0 Å². The molecule has 0 aromatic heterocycles. The van der Waals surface area contributed by atoms with Crippen LogP contribution < -0.4 is 10.6 Å². The van der Waals surface area contributed by atoms with Gasteiger partial charge in [0.05, 0.1) is 4.92 Å². The SMILES string of the molecule is CNC(=O)c1ccc(NC(C)(C)C2CC2)c([N+](=O)[O-])c1. The third-order valence-corrected chi connectivity index (χ3v) is 3.74. The van der Waals surface area contributed by atoms with Gasteiger partial charge in [0.2, 0.25) is 0 Å². The van der Waals surface area contributed by atoms with Crippen LogP contribution in [0.2, 0.25) is 0 Å². The van der Waals surface area contributed by atoms with Crippen LogP contribution in [0.15, 0.2) is 18.2 Å². The molecular weight excluding hydrogens is 258 g/mol. The monoisotopic (exact) mass is 277 g/mol. The largest absolute Gasteiger partial charge is 0.374 e. The number of carbonyl (C=O) groups excluding carboxylic acids is 1. The summed E-state index contributed by atoms with van der Waals surface area (Å²) in [4.78, 5) is 22.3. The lowest BCUT2D eigenvalue weighted by atomic mass is 9.98. The van der Waals surface area contributed by atoms with Crippen LogP contribution in [-0.4, -0.2) is 23.4 Å². The van der Waals surface area contributed by atoms with Crippen molar-refractivity contribution in [3.63, 3.8) is 0 Å². The summed E-state index contributed by atoms with van der Waals surface area (Å²) < 4.78 is 0. The van der Waals surface area contributed by atoms with E-state index in [1.54, 1.807) is 12.1 Å². The summed E-state index contributed by atoms with van der Waals surface area (Å²) in [5.41, 5.74) is 0.493. The second kappa shape index (κ2) is 5.11. The summed E-state index contributed by atoms with van der Waals surface area (Å²) in [5, 5.41) is 16.9. The minimum atomic E-state index is -0.461. The van der Waals surface area contributed by atoms with Crippen LogP contribution in [0.3, 0.4) is 0 Å². The molecule has 2 N–H and O–H groups in total. The van der Waals surface area contributed by atoms with Crippen LogP contribution in [-0.2, 0) is 0 Å². The molecule has 1 aromatic rings. The fraction of sp³-hybridized carbons (Fsp3) is 0.500. The summed E-state index contributed by atoms with van der Waals surface area (Å²) >= 11 is 0. The Morgan fingerprint density at radius 3 is 2.55 bits per heavy atom. The summed E-state index contributed by atoms with van der Waals surface area (Å²) in [6, 6.07) is 4.51. The van der Waals surface area contributed by atoms with Gasteiger partial charge in [0.1, 0.15) is 5.69 Å². The predicted octanol–water partition coefficient (Wildman–Crippen LogP) is 2.55. The summed E-state index contributed by atoms with van der Waals surface area (Å²) in [5.74, 6) is 0.210. The van der Waals surface area contributed by atoms with Gasteiger partial charge in [0.15, 0.2) is 0 Å². The zero-order valence-electron chi connectivity index (χ0n) is 11.9. The predicted molar refractivity (Wildman–Crippen MR) is 76.9 cm³/mol. The third-order valence-electron chi connectivity index (χ3n) is 3.74. The molecular formula is C14H19N3O3. The number of nitro groups is 1. The van der Waals surface area contributed by atoms with Gasteiger partial charge in [-0.2, -0.15) is 0 Å². The molecule has 108 valence electrons. The van der Waals surface area contributed by atoms with Gasteiger partial charge in [-0.3, -0.25) is 14.9 Å². The van der Waals surface area contributed by atoms with Gasteiger partial charge in [-0.25, -0.2) is 0 Å². The van der Waals surface area contributed by atoms with E-state index in [-0.39, 0.29) is 22.7 Å². The van der Waals surface area contributed by atoms with Gasteiger partial charge in [-0.15, -0.1) is 0 Å². The van der Waals surface area contributed by atoms with Crippen LogP contribution in [0, 0.1) is 16.0 Å². The molecule has 0 unspecified atom stereocenters. The number of hydrogen-bond acceptors (Lipinski definition) is 4. The van der Waals surface area contributed by atoms with E-state index in [9.17, 15) is 14.9 Å². The highest BCUT2D eigenvalue weighted by Crippen LogP contribution is 2.42. The van der Waals surface area contributed by atoms with E-state index >= 15 is 0 Å². The zero-order chi connectivity index (χ0) is 14.9. The molecule has 1 amide bonds. The Balaban J connectivity index is 2.32. The smallest absolute Gasteiger partial charge is 0.293 e. The van der Waals surface area contributed by atoms with Crippen molar-refractivity contribution in [3.05, 3.63) is 33.9 Å². The summed E-state index contributed by atoms with van der Waals surface area (Å²) in [6.45, 7) is 4.09. The molecule has 20 heavy (non-hydrogen) atoms. The van der Waals surface area contributed by atoms with E-state index in [0.29, 0.717) is 11.6 Å². The summed E-state index contributed by atoms with van der Waals surface area (Å²) in [7, 11) is 1.50. The molecule has 2 rings (SSSR count). The van der Waals surface area contributed by atoms with Gasteiger partial charge >= 0.3 is 0 Å². The second-order valence-corrected chi connectivity index (χ2v) is 5.69. The fourth-order valence-electron chi connectivity index (χ4n) is 2.33. The van der Waals surface area contributed by atoms with Gasteiger partial charge in [0, 0.05) is 24.2 Å². The van der Waals surface area contributed by atoms with Crippen molar-refractivity contribution in [2.75, 3.05) is 12.4 Å². The molecule has 0 aliphatic heterocycles. The molecule has 0 saturated heterocycles. The number of nitrogens with zero attached hydrogens (tertiary/aromatic N) is 1. The van der Waals surface area contributed by atoms with E-state index < -0.39 is 4.92 Å². The van der Waals surface area contributed by atoms with E-state index in [2.05, 4.69) is 10.6 Å². The van der Waals surface area contributed by atoms with E-state index in [1.165, 1.54) is 13.1 Å². The van der Waals surface area contributed by atoms with Crippen LogP contribution in [0.1, 0.15) is 37.0 Å². The average Bonchev–Trinajstić information content (AvgIpc) is 3.22. The quantitative estimate of drug-likeness (QED) is 0.640. The van der Waals surface area contributed by atoms with Crippen molar-refractivity contribution in [1.82, 2.24) is 5.32 Å². The Morgan fingerprint density at radius 1 is 1.40 bits per heavy atom. The van der Waals surface area contributed by atoms with Crippen LogP contribution in [0.5, 0.6) is 0 Å². The standard InChI is InChI=1S/C14H19N3O3/c1-14(2,10-5-6-10)16-11-7-4-9(13(18)15-3)8-12(11)17(19)20/h4,7-8,10,16H,5-6H2,1-3H3,(H,15,18). The van der Waals surface area contributed by atoms with Crippen LogP contribution >= 0.6 is 0 Å². The normalized spacial score (nSPS) is 14.8. The molecule has 1 saturated carbocycles. The first-order valence-electron chi connectivity index (χ1n) is 6.64. The highest BCUT2D eigenvalue weighted by Gasteiger charge is 2.38. The lowest BCUT2D eigenvalue weighted by molar-refractivity contribution is -0.384.